The lowest BCUT2D eigenvalue weighted by atomic mass is 10.00. The Balaban J connectivity index is 0.000000164. The molecule has 0 saturated carbocycles. The Bertz CT molecular complexity index is 5640. The normalized spacial score (nSPS) is 11.1. The third-order valence-corrected chi connectivity index (χ3v) is 22.3. The van der Waals surface area contributed by atoms with Gasteiger partial charge in [-0.05, 0) is 182 Å². The number of para-hydroxylation sites is 6. The highest BCUT2D eigenvalue weighted by atomic mass is 32.1. The second kappa shape index (κ2) is 43.7. The van der Waals surface area contributed by atoms with E-state index in [0.717, 1.165) is 22.5 Å². The van der Waals surface area contributed by atoms with E-state index in [-0.39, 0.29) is 0 Å². The summed E-state index contributed by atoms with van der Waals surface area (Å²) < 4.78 is 11.1. The minimum Gasteiger partial charge on any atom is -0.361 e. The summed E-state index contributed by atoms with van der Waals surface area (Å²) in [6, 6.07) is 62.7. The number of thiazole rings is 1. The van der Waals surface area contributed by atoms with Gasteiger partial charge in [-0.25, -0.2) is 9.50 Å². The highest BCUT2D eigenvalue weighted by molar-refractivity contribution is 7.11. The molecule has 0 aliphatic carbocycles. The molecular formula is C103H131N13OS. The molecule has 4 N–H and O–H groups in total. The molecule has 11 aromatic heterocycles. The first-order valence-corrected chi connectivity index (χ1v) is 42.9. The molecule has 0 bridgehead atoms. The highest BCUT2D eigenvalue weighted by Crippen LogP contribution is 2.33. The number of fused-ring (bicyclic) bond motifs is 7. The number of pyridine rings is 2. The summed E-state index contributed by atoms with van der Waals surface area (Å²) in [4.78, 5) is 22.9. The maximum absolute atomic E-state index is 8.99. The fourth-order valence-electron chi connectivity index (χ4n) is 15.1. The zero-order valence-corrected chi connectivity index (χ0v) is 76.2. The average Bonchev–Trinajstić information content (AvgIpc) is 1.65. The average molecular weight is 1600 g/mol. The number of nitriles is 1. The molecular weight excluding hydrogens is 1470 g/mol. The van der Waals surface area contributed by atoms with Gasteiger partial charge in [0.2, 0.25) is 0 Å². The Kier molecular flexibility index (Phi) is 34.2. The van der Waals surface area contributed by atoms with Crippen LogP contribution in [-0.2, 0) is 14.1 Å². The van der Waals surface area contributed by atoms with Crippen molar-refractivity contribution < 1.29 is 4.52 Å². The van der Waals surface area contributed by atoms with Crippen LogP contribution >= 0.6 is 11.3 Å². The lowest BCUT2D eigenvalue weighted by molar-refractivity contribution is 0.392. The van der Waals surface area contributed by atoms with Crippen molar-refractivity contribution in [2.45, 2.75) is 232 Å². The van der Waals surface area contributed by atoms with Gasteiger partial charge in [-0.2, -0.15) is 15.5 Å². The molecule has 15 heteroatoms. The molecule has 14 nitrogen and oxygen atoms in total. The maximum atomic E-state index is 8.99. The van der Waals surface area contributed by atoms with Crippen LogP contribution in [0.1, 0.15) is 286 Å². The summed E-state index contributed by atoms with van der Waals surface area (Å²) in [6.07, 6.45) is 14.1. The smallest absolute Gasteiger partial charge is 0.137 e. The van der Waals surface area contributed by atoms with E-state index in [1.54, 1.807) is 6.20 Å². The van der Waals surface area contributed by atoms with E-state index in [2.05, 4.69) is 374 Å². The van der Waals surface area contributed by atoms with Crippen LogP contribution in [0.25, 0.3) is 70.9 Å². The van der Waals surface area contributed by atoms with Crippen molar-refractivity contribution in [3.63, 3.8) is 0 Å². The molecule has 0 spiro atoms. The topological polar surface area (TPSA) is 179 Å². The van der Waals surface area contributed by atoms with Crippen LogP contribution in [0.5, 0.6) is 0 Å². The van der Waals surface area contributed by atoms with E-state index >= 15 is 0 Å². The molecule has 17 rings (SSSR count). The summed E-state index contributed by atoms with van der Waals surface area (Å²) in [6.45, 7) is 54.0. The summed E-state index contributed by atoms with van der Waals surface area (Å²) in [5.41, 5.74) is 24.7. The van der Waals surface area contributed by atoms with Crippen molar-refractivity contribution >= 4 is 82.3 Å². The molecule has 0 fully saturated rings. The first kappa shape index (κ1) is 92.2. The fourth-order valence-corrected chi connectivity index (χ4v) is 16.0. The summed E-state index contributed by atoms with van der Waals surface area (Å²) in [7, 11) is 4.10. The molecule has 620 valence electrons. The van der Waals surface area contributed by atoms with Crippen molar-refractivity contribution in [2.24, 2.45) is 14.1 Å². The summed E-state index contributed by atoms with van der Waals surface area (Å²) in [5, 5.41) is 30.7. The Morgan fingerprint density at radius 2 is 0.890 bits per heavy atom. The standard InChI is InChI=1S/C12H12N2.2C12H15N.C11H14N2.2C11H13N.C10H12N2.C8H13NO.C8H13NS.C8H11N/c1-8(2)12-9-5-3-4-6-10(9)14-11(12)7-13;1-9(2)11-8-13(3)12-7-5-4-6-10(11)12;1-8(2)12-9(3)13-11-7-5-4-6-10(11)12;1-8(2)11-9-6-4-5-7-10(9)13(3)12-11;2*1-8(2)10-7-12-11-6-4-3-5-9(10)11;1-8(2)9-7-11-12-6-4-3-5-10(9)12;1-5(2)8-6(3)9-10-7(8)4;1-5(2)8-6(3)9-7(4)10-8;1-7(2)8-4-3-5-9-6-8/h3-6,8,14H,1-2H3;4-9H,1-3H3;4-8,13H,1-3H3;4-8H,1-3H3;2*3-8,12H,1-2H3;3-8H,1-2H3;2*5H,1-4H3;3-7H,1-2H3. The predicted molar refractivity (Wildman–Crippen MR) is 504 cm³/mol. The molecule has 118 heavy (non-hydrogen) atoms. The number of nitrogens with zero attached hydrogens (tertiary/aromatic N) is 9. The van der Waals surface area contributed by atoms with Crippen LogP contribution in [0, 0.1) is 45.9 Å². The van der Waals surface area contributed by atoms with Crippen molar-refractivity contribution in [1.29, 1.82) is 5.26 Å². The zero-order valence-electron chi connectivity index (χ0n) is 75.4. The number of aryl methyl sites for hydroxylation is 7. The number of aromatic amines is 4. The largest absolute Gasteiger partial charge is 0.361 e. The van der Waals surface area contributed by atoms with Crippen LogP contribution in [0.3, 0.4) is 0 Å². The molecule has 0 atom stereocenters. The molecule has 0 radical (unpaired) electrons. The summed E-state index contributed by atoms with van der Waals surface area (Å²) in [5.74, 6) is 6.50. The van der Waals surface area contributed by atoms with Crippen molar-refractivity contribution in [3.8, 4) is 6.07 Å². The SMILES string of the molecule is CC(C)c1c(C#N)[nH]c2ccccc12.CC(C)c1c[nH]c2ccccc12.CC(C)c1c[nH]c2ccccc12.CC(C)c1cccnc1.CC(C)c1cn(C)c2ccccc12.CC(C)c1cnn2ccccc12.CC(C)c1nn(C)c2ccccc12.Cc1[nH]c2ccccc2c1C(C)C.Cc1nc(C)c(C(C)C)s1.Cc1noc(C)c1C(C)C. The number of benzene rings is 6. The van der Waals surface area contributed by atoms with E-state index in [1.807, 2.05) is 102 Å². The molecule has 0 unspecified atom stereocenters. The van der Waals surface area contributed by atoms with Gasteiger partial charge in [0.1, 0.15) is 17.5 Å². The highest BCUT2D eigenvalue weighted by Gasteiger charge is 2.17. The first-order valence-electron chi connectivity index (χ1n) is 42.1. The number of hydrogen-bond donors (Lipinski definition) is 4. The number of nitrogens with one attached hydrogen (secondary N) is 4. The number of hydrogen-bond acceptors (Lipinski definition) is 8. The van der Waals surface area contributed by atoms with Crippen molar-refractivity contribution in [1.82, 2.24) is 59.0 Å². The van der Waals surface area contributed by atoms with Gasteiger partial charge in [0.25, 0.3) is 0 Å². The Morgan fingerprint density at radius 3 is 1.33 bits per heavy atom. The van der Waals surface area contributed by atoms with Crippen LogP contribution < -0.4 is 0 Å². The Labute approximate surface area is 707 Å². The van der Waals surface area contributed by atoms with E-state index in [1.165, 1.54) is 131 Å². The monoisotopic (exact) mass is 1600 g/mol. The van der Waals surface area contributed by atoms with E-state index < -0.39 is 0 Å². The molecule has 11 heterocycles. The van der Waals surface area contributed by atoms with Crippen LogP contribution in [0.15, 0.2) is 224 Å². The van der Waals surface area contributed by atoms with Gasteiger partial charge in [-0.3, -0.25) is 9.67 Å². The third-order valence-electron chi connectivity index (χ3n) is 20.9. The minimum absolute atomic E-state index is 0.376. The van der Waals surface area contributed by atoms with E-state index in [4.69, 9.17) is 9.78 Å². The van der Waals surface area contributed by atoms with Crippen LogP contribution in [-0.4, -0.2) is 59.0 Å². The fraction of sp³-hybridized carbons (Fsp3) is 0.359. The van der Waals surface area contributed by atoms with Gasteiger partial charge in [0.05, 0.1) is 39.3 Å². The third kappa shape index (κ3) is 24.2. The van der Waals surface area contributed by atoms with Crippen molar-refractivity contribution in [2.75, 3.05) is 0 Å². The van der Waals surface area contributed by atoms with Gasteiger partial charge >= 0.3 is 0 Å². The van der Waals surface area contributed by atoms with Gasteiger partial charge in [0.15, 0.2) is 0 Å². The molecule has 6 aromatic carbocycles. The second-order valence-electron chi connectivity index (χ2n) is 33.5. The number of H-pyrrole nitrogens is 4. The molecule has 0 aliphatic rings. The van der Waals surface area contributed by atoms with Gasteiger partial charge in [0, 0.05) is 133 Å². The van der Waals surface area contributed by atoms with Gasteiger partial charge in [-0.15, -0.1) is 11.3 Å². The first-order chi connectivity index (χ1) is 56.2. The molecule has 17 aromatic rings. The molecule has 0 aliphatic heterocycles. The lowest BCUT2D eigenvalue weighted by Crippen LogP contribution is -1.92. The Hall–Kier alpha value is -11.3. The minimum atomic E-state index is 0.376. The lowest BCUT2D eigenvalue weighted by Gasteiger charge is -2.04. The quantitative estimate of drug-likeness (QED) is 0.105. The molecule has 0 amide bonds. The Morgan fingerprint density at radius 1 is 0.415 bits per heavy atom. The second-order valence-corrected chi connectivity index (χ2v) is 34.7. The summed E-state index contributed by atoms with van der Waals surface area (Å²) >= 11 is 1.81. The maximum Gasteiger partial charge on any atom is 0.137 e. The van der Waals surface area contributed by atoms with Gasteiger partial charge in [-0.1, -0.05) is 265 Å². The number of aromatic nitrogens is 12. The van der Waals surface area contributed by atoms with Gasteiger partial charge < -0.3 is 29.0 Å². The zero-order chi connectivity index (χ0) is 86.2. The van der Waals surface area contributed by atoms with E-state index in [0.29, 0.717) is 64.9 Å². The van der Waals surface area contributed by atoms with E-state index in [9.17, 15) is 0 Å². The predicted octanol–water partition coefficient (Wildman–Crippen LogP) is 29.3. The van der Waals surface area contributed by atoms with Crippen molar-refractivity contribution in [3.05, 3.63) is 308 Å². The number of rotatable bonds is 10. The molecule has 0 saturated heterocycles. The van der Waals surface area contributed by atoms with Crippen LogP contribution in [0.2, 0.25) is 0 Å². The van der Waals surface area contributed by atoms with Crippen LogP contribution in [0.4, 0.5) is 0 Å².